The van der Waals surface area contributed by atoms with Gasteiger partial charge in [0.05, 0.1) is 14.2 Å². The Hall–Kier alpha value is -3.08. The van der Waals surface area contributed by atoms with Crippen LogP contribution in [0.4, 0.5) is 0 Å². The Morgan fingerprint density at radius 1 is 0.967 bits per heavy atom. The Morgan fingerprint density at radius 3 is 2.37 bits per heavy atom. The van der Waals surface area contributed by atoms with Gasteiger partial charge >= 0.3 is 5.97 Å². The zero-order chi connectivity index (χ0) is 21.3. The second kappa shape index (κ2) is 10.6. The SMILES string of the molecule is COc1cccc(/C=C/C(=O)OCC(=O)c2ccc(C3CCCCC3)cc2)c1OC. The van der Waals surface area contributed by atoms with Crippen LogP contribution in [-0.2, 0) is 9.53 Å². The van der Waals surface area contributed by atoms with Crippen LogP contribution in [0.3, 0.4) is 0 Å². The molecule has 1 aliphatic rings. The van der Waals surface area contributed by atoms with E-state index in [1.54, 1.807) is 31.4 Å². The van der Waals surface area contributed by atoms with Crippen LogP contribution >= 0.6 is 0 Å². The van der Waals surface area contributed by atoms with E-state index in [0.717, 1.165) is 0 Å². The molecule has 1 fully saturated rings. The van der Waals surface area contributed by atoms with Crippen LogP contribution in [0.15, 0.2) is 48.5 Å². The third-order valence-corrected chi connectivity index (χ3v) is 5.49. The van der Waals surface area contributed by atoms with E-state index in [4.69, 9.17) is 14.2 Å². The first-order chi connectivity index (χ1) is 14.6. The van der Waals surface area contributed by atoms with E-state index in [0.29, 0.717) is 28.5 Å². The number of ether oxygens (including phenoxy) is 3. The minimum atomic E-state index is -0.591. The summed E-state index contributed by atoms with van der Waals surface area (Å²) < 4.78 is 15.7. The van der Waals surface area contributed by atoms with Crippen molar-refractivity contribution in [1.29, 1.82) is 0 Å². The predicted octanol–water partition coefficient (Wildman–Crippen LogP) is 5.19. The van der Waals surface area contributed by atoms with Crippen molar-refractivity contribution in [3.63, 3.8) is 0 Å². The van der Waals surface area contributed by atoms with Crippen LogP contribution < -0.4 is 9.47 Å². The minimum Gasteiger partial charge on any atom is -0.493 e. The summed E-state index contributed by atoms with van der Waals surface area (Å²) >= 11 is 0. The standard InChI is InChI=1S/C25H28O5/c1-28-23-10-6-9-21(25(23)29-2)15-16-24(27)30-17-22(26)20-13-11-19(12-14-20)18-7-4-3-5-8-18/h6,9-16,18H,3-5,7-8,17H2,1-2H3/b16-15+. The topological polar surface area (TPSA) is 61.8 Å². The van der Waals surface area contributed by atoms with Gasteiger partial charge in [0.25, 0.3) is 0 Å². The first-order valence-electron chi connectivity index (χ1n) is 10.3. The van der Waals surface area contributed by atoms with Crippen molar-refractivity contribution in [2.75, 3.05) is 20.8 Å². The van der Waals surface area contributed by atoms with E-state index in [9.17, 15) is 9.59 Å². The highest BCUT2D eigenvalue weighted by molar-refractivity contribution is 5.99. The van der Waals surface area contributed by atoms with Gasteiger partial charge in [-0.3, -0.25) is 4.79 Å². The number of carbonyl (C=O) groups is 2. The monoisotopic (exact) mass is 408 g/mol. The van der Waals surface area contributed by atoms with Gasteiger partial charge in [0.2, 0.25) is 0 Å². The van der Waals surface area contributed by atoms with Crippen molar-refractivity contribution in [2.24, 2.45) is 0 Å². The van der Waals surface area contributed by atoms with Gasteiger partial charge < -0.3 is 14.2 Å². The molecule has 0 heterocycles. The number of hydrogen-bond acceptors (Lipinski definition) is 5. The van der Waals surface area contributed by atoms with Crippen LogP contribution in [0.2, 0.25) is 0 Å². The van der Waals surface area contributed by atoms with Crippen LogP contribution in [0, 0.1) is 0 Å². The number of carbonyl (C=O) groups excluding carboxylic acids is 2. The normalized spacial score (nSPS) is 14.5. The molecule has 0 unspecified atom stereocenters. The van der Waals surface area contributed by atoms with Gasteiger partial charge in [0, 0.05) is 17.2 Å². The molecule has 0 aromatic heterocycles. The van der Waals surface area contributed by atoms with Gasteiger partial charge in [-0.1, -0.05) is 55.7 Å². The summed E-state index contributed by atoms with van der Waals surface area (Å²) in [7, 11) is 3.08. The first kappa shape index (κ1) is 21.6. The molecule has 0 saturated heterocycles. The molecule has 30 heavy (non-hydrogen) atoms. The molecule has 0 radical (unpaired) electrons. The molecule has 0 amide bonds. The average molecular weight is 408 g/mol. The number of Topliss-reactive ketones (excluding diaryl/α,β-unsaturated/α-hetero) is 1. The highest BCUT2D eigenvalue weighted by Crippen LogP contribution is 2.33. The van der Waals surface area contributed by atoms with E-state index in [-0.39, 0.29) is 12.4 Å². The predicted molar refractivity (Wildman–Crippen MR) is 116 cm³/mol. The lowest BCUT2D eigenvalue weighted by atomic mass is 9.84. The third kappa shape index (κ3) is 5.50. The fourth-order valence-electron chi connectivity index (χ4n) is 3.85. The maximum Gasteiger partial charge on any atom is 0.331 e. The maximum atomic E-state index is 12.4. The summed E-state index contributed by atoms with van der Waals surface area (Å²) in [6, 6.07) is 13.1. The fourth-order valence-corrected chi connectivity index (χ4v) is 3.85. The molecule has 0 atom stereocenters. The van der Waals surface area contributed by atoms with Crippen molar-refractivity contribution >= 4 is 17.8 Å². The van der Waals surface area contributed by atoms with Crippen molar-refractivity contribution in [1.82, 2.24) is 0 Å². The molecule has 0 spiro atoms. The average Bonchev–Trinajstić information content (AvgIpc) is 2.81. The van der Waals surface area contributed by atoms with Gasteiger partial charge in [-0.15, -0.1) is 0 Å². The molecule has 1 saturated carbocycles. The lowest BCUT2D eigenvalue weighted by molar-refractivity contribution is -0.136. The second-order valence-electron chi connectivity index (χ2n) is 7.40. The molecular formula is C25H28O5. The Morgan fingerprint density at radius 2 is 1.70 bits per heavy atom. The summed E-state index contributed by atoms with van der Waals surface area (Å²) in [6.45, 7) is -0.290. The molecule has 3 rings (SSSR count). The van der Waals surface area contributed by atoms with Crippen LogP contribution in [0.1, 0.15) is 59.5 Å². The Kier molecular flexibility index (Phi) is 7.66. The minimum absolute atomic E-state index is 0.217. The molecule has 2 aromatic carbocycles. The van der Waals surface area contributed by atoms with E-state index >= 15 is 0 Å². The zero-order valence-corrected chi connectivity index (χ0v) is 17.6. The molecule has 5 heteroatoms. The molecule has 2 aromatic rings. The lowest BCUT2D eigenvalue weighted by Gasteiger charge is -2.22. The van der Waals surface area contributed by atoms with E-state index in [2.05, 4.69) is 0 Å². The van der Waals surface area contributed by atoms with Crippen molar-refractivity contribution in [2.45, 2.75) is 38.0 Å². The number of methoxy groups -OCH3 is 2. The fraction of sp³-hybridized carbons (Fsp3) is 0.360. The van der Waals surface area contributed by atoms with Gasteiger partial charge in [-0.25, -0.2) is 4.79 Å². The van der Waals surface area contributed by atoms with Gasteiger partial charge in [0.15, 0.2) is 23.9 Å². The number of esters is 1. The van der Waals surface area contributed by atoms with Crippen molar-refractivity contribution < 1.29 is 23.8 Å². The summed E-state index contributed by atoms with van der Waals surface area (Å²) in [5.74, 6) is 0.885. The number of rotatable bonds is 8. The first-order valence-corrected chi connectivity index (χ1v) is 10.3. The maximum absolute atomic E-state index is 12.4. The van der Waals surface area contributed by atoms with Crippen LogP contribution in [0.5, 0.6) is 11.5 Å². The molecule has 5 nitrogen and oxygen atoms in total. The highest BCUT2D eigenvalue weighted by Gasteiger charge is 2.16. The number of benzene rings is 2. The Labute approximate surface area is 177 Å². The van der Waals surface area contributed by atoms with E-state index < -0.39 is 5.97 Å². The van der Waals surface area contributed by atoms with Crippen molar-refractivity contribution in [3.05, 3.63) is 65.2 Å². The van der Waals surface area contributed by atoms with Crippen LogP contribution in [-0.4, -0.2) is 32.6 Å². The summed E-state index contributed by atoms with van der Waals surface area (Å²) in [5.41, 5.74) is 2.53. The Balaban J connectivity index is 1.54. The second-order valence-corrected chi connectivity index (χ2v) is 7.40. The van der Waals surface area contributed by atoms with E-state index in [1.165, 1.54) is 50.9 Å². The zero-order valence-electron chi connectivity index (χ0n) is 17.6. The summed E-state index contributed by atoms with van der Waals surface area (Å²) in [5, 5.41) is 0. The lowest BCUT2D eigenvalue weighted by Crippen LogP contribution is -2.13. The number of hydrogen-bond donors (Lipinski definition) is 0. The molecule has 1 aliphatic carbocycles. The number of para-hydroxylation sites is 1. The molecule has 158 valence electrons. The largest absolute Gasteiger partial charge is 0.493 e. The summed E-state index contributed by atoms with van der Waals surface area (Å²) in [4.78, 5) is 24.4. The molecular weight excluding hydrogens is 380 g/mol. The van der Waals surface area contributed by atoms with Crippen LogP contribution in [0.25, 0.3) is 6.08 Å². The van der Waals surface area contributed by atoms with Crippen molar-refractivity contribution in [3.8, 4) is 11.5 Å². The quantitative estimate of drug-likeness (QED) is 0.342. The highest BCUT2D eigenvalue weighted by atomic mass is 16.5. The van der Waals surface area contributed by atoms with E-state index in [1.807, 2.05) is 24.3 Å². The van der Waals surface area contributed by atoms with Gasteiger partial charge in [-0.2, -0.15) is 0 Å². The molecule has 0 bridgehead atoms. The molecule has 0 aliphatic heterocycles. The smallest absolute Gasteiger partial charge is 0.331 e. The Bertz CT molecular complexity index is 892. The summed E-state index contributed by atoms with van der Waals surface area (Å²) in [6.07, 6.45) is 9.15. The van der Waals surface area contributed by atoms with Gasteiger partial charge in [0.1, 0.15) is 0 Å². The third-order valence-electron chi connectivity index (χ3n) is 5.49. The van der Waals surface area contributed by atoms with Gasteiger partial charge in [-0.05, 0) is 36.5 Å². The number of ketones is 1. The molecule has 0 N–H and O–H groups in total.